The van der Waals surface area contributed by atoms with E-state index in [0.29, 0.717) is 49.4 Å². The summed E-state index contributed by atoms with van der Waals surface area (Å²) in [6, 6.07) is 6.86. The van der Waals surface area contributed by atoms with Crippen molar-refractivity contribution in [3.05, 3.63) is 52.9 Å². The number of anilines is 2. The van der Waals surface area contributed by atoms with Gasteiger partial charge in [0.15, 0.2) is 0 Å². The summed E-state index contributed by atoms with van der Waals surface area (Å²) >= 11 is 0.765. The number of thiazole rings is 1. The summed E-state index contributed by atoms with van der Waals surface area (Å²) in [4.78, 5) is 27.1. The molecule has 0 bridgehead atoms. The molecule has 34 heavy (non-hydrogen) atoms. The molecule has 180 valence electrons. The lowest BCUT2D eigenvalue weighted by Crippen LogP contribution is -2.41. The molecule has 12 heteroatoms. The van der Waals surface area contributed by atoms with Crippen LogP contribution in [0.2, 0.25) is 0 Å². The summed E-state index contributed by atoms with van der Waals surface area (Å²) in [5, 5.41) is 12.5. The van der Waals surface area contributed by atoms with Crippen molar-refractivity contribution in [2.75, 3.05) is 31.6 Å². The summed E-state index contributed by atoms with van der Waals surface area (Å²) in [7, 11) is 0. The number of morpholine rings is 1. The van der Waals surface area contributed by atoms with E-state index >= 15 is 0 Å². The van der Waals surface area contributed by atoms with Crippen molar-refractivity contribution in [3.8, 4) is 10.4 Å². The highest BCUT2D eigenvalue weighted by Gasteiger charge is 2.53. The van der Waals surface area contributed by atoms with Crippen LogP contribution in [0, 0.1) is 6.92 Å². The number of ether oxygens (including phenoxy) is 1. The maximum absolute atomic E-state index is 13.2. The monoisotopic (exact) mass is 493 g/mol. The molecule has 1 atom stereocenters. The van der Waals surface area contributed by atoms with Crippen LogP contribution in [-0.4, -0.2) is 63.3 Å². The van der Waals surface area contributed by atoms with Crippen molar-refractivity contribution in [1.82, 2.24) is 19.9 Å². The normalized spacial score (nSPS) is 16.2. The first-order valence-corrected chi connectivity index (χ1v) is 11.2. The number of halogens is 3. The van der Waals surface area contributed by atoms with E-state index in [1.165, 1.54) is 18.5 Å². The Balaban J connectivity index is 1.56. The van der Waals surface area contributed by atoms with Crippen molar-refractivity contribution < 1.29 is 27.8 Å². The van der Waals surface area contributed by atoms with E-state index < -0.39 is 16.8 Å². The van der Waals surface area contributed by atoms with E-state index in [-0.39, 0.29) is 17.5 Å². The molecule has 0 spiro atoms. The number of aromatic nitrogens is 3. The summed E-state index contributed by atoms with van der Waals surface area (Å²) in [6.07, 6.45) is -2.06. The number of hydrogen-bond donors (Lipinski definition) is 2. The summed E-state index contributed by atoms with van der Waals surface area (Å²) in [5.74, 6) is -0.00625. The molecule has 1 aliphatic heterocycles. The number of amides is 1. The molecule has 4 rings (SSSR count). The molecule has 2 N–H and O–H groups in total. The van der Waals surface area contributed by atoms with Gasteiger partial charge in [0.1, 0.15) is 10.7 Å². The van der Waals surface area contributed by atoms with Crippen molar-refractivity contribution in [1.29, 1.82) is 0 Å². The van der Waals surface area contributed by atoms with E-state index in [2.05, 4.69) is 20.3 Å². The third-order valence-corrected chi connectivity index (χ3v) is 6.52. The first kappa shape index (κ1) is 24.0. The highest BCUT2D eigenvalue weighted by Crippen LogP contribution is 2.42. The van der Waals surface area contributed by atoms with Gasteiger partial charge in [0, 0.05) is 31.2 Å². The van der Waals surface area contributed by atoms with Gasteiger partial charge in [-0.15, -0.1) is 11.3 Å². The van der Waals surface area contributed by atoms with Gasteiger partial charge in [-0.2, -0.15) is 13.2 Å². The molecule has 1 aliphatic rings. The highest BCUT2D eigenvalue weighted by atomic mass is 32.1. The minimum absolute atomic E-state index is 0.209. The predicted octanol–water partition coefficient (Wildman–Crippen LogP) is 3.89. The third kappa shape index (κ3) is 5.03. The SMILES string of the molecule is Cc1cc(Nc2nccc(C(=O)N3CCOCC3)n2)cc(-c2cnc(C(C)(O)C(F)(F)F)s2)c1. The zero-order chi connectivity index (χ0) is 24.5. The number of hydrogen-bond acceptors (Lipinski definition) is 8. The zero-order valence-corrected chi connectivity index (χ0v) is 19.2. The molecule has 1 unspecified atom stereocenters. The number of nitrogens with one attached hydrogen (secondary N) is 1. The zero-order valence-electron chi connectivity index (χ0n) is 18.4. The molecule has 0 radical (unpaired) electrons. The fourth-order valence-electron chi connectivity index (χ4n) is 3.35. The van der Waals surface area contributed by atoms with Gasteiger partial charge in [0.05, 0.1) is 18.1 Å². The van der Waals surface area contributed by atoms with E-state index in [0.717, 1.165) is 16.9 Å². The summed E-state index contributed by atoms with van der Waals surface area (Å²) < 4.78 is 44.8. The third-order valence-electron chi connectivity index (χ3n) is 5.27. The lowest BCUT2D eigenvalue weighted by Gasteiger charge is -2.26. The fraction of sp³-hybridized carbons (Fsp3) is 0.364. The van der Waals surface area contributed by atoms with Crippen LogP contribution in [0.15, 0.2) is 36.7 Å². The average molecular weight is 494 g/mol. The van der Waals surface area contributed by atoms with Crippen LogP contribution in [-0.2, 0) is 10.3 Å². The number of alkyl halides is 3. The quantitative estimate of drug-likeness (QED) is 0.556. The number of carbonyl (C=O) groups excluding carboxylic acids is 1. The maximum atomic E-state index is 13.2. The van der Waals surface area contributed by atoms with Crippen LogP contribution in [0.3, 0.4) is 0 Å². The van der Waals surface area contributed by atoms with Crippen molar-refractivity contribution in [2.24, 2.45) is 0 Å². The molecule has 1 aromatic carbocycles. The lowest BCUT2D eigenvalue weighted by molar-refractivity contribution is -0.258. The Hall–Kier alpha value is -3.09. The Kier molecular flexibility index (Phi) is 6.56. The van der Waals surface area contributed by atoms with E-state index in [4.69, 9.17) is 4.74 Å². The number of aryl methyl sites for hydroxylation is 1. The number of aliphatic hydroxyl groups is 1. The van der Waals surface area contributed by atoms with Crippen LogP contribution in [0.5, 0.6) is 0 Å². The minimum Gasteiger partial charge on any atom is -0.378 e. The second-order valence-corrected chi connectivity index (χ2v) is 9.01. The Bertz CT molecular complexity index is 1190. The second-order valence-electron chi connectivity index (χ2n) is 7.98. The van der Waals surface area contributed by atoms with Crippen molar-refractivity contribution in [3.63, 3.8) is 0 Å². The largest absolute Gasteiger partial charge is 0.423 e. The van der Waals surface area contributed by atoms with Crippen LogP contribution < -0.4 is 5.32 Å². The van der Waals surface area contributed by atoms with Gasteiger partial charge in [-0.25, -0.2) is 15.0 Å². The predicted molar refractivity (Wildman–Crippen MR) is 120 cm³/mol. The standard InChI is InChI=1S/C22H22F3N5O3S/c1-13-9-14(17-12-27-19(34-17)21(2,32)22(23,24)25)11-15(10-13)28-20-26-4-3-16(29-20)18(31)30-5-7-33-8-6-30/h3-4,9-12,32H,5-8H2,1-2H3,(H,26,28,29). The first-order chi connectivity index (χ1) is 16.0. The van der Waals surface area contributed by atoms with Gasteiger partial charge >= 0.3 is 6.18 Å². The van der Waals surface area contributed by atoms with Gasteiger partial charge < -0.3 is 20.1 Å². The molecule has 3 aromatic rings. The molecule has 8 nitrogen and oxygen atoms in total. The van der Waals surface area contributed by atoms with Gasteiger partial charge in [-0.1, -0.05) is 6.07 Å². The summed E-state index contributed by atoms with van der Waals surface area (Å²) in [5.41, 5.74) is -0.762. The molecule has 2 aromatic heterocycles. The number of rotatable bonds is 5. The number of carbonyl (C=O) groups is 1. The average Bonchev–Trinajstić information content (AvgIpc) is 3.29. The highest BCUT2D eigenvalue weighted by molar-refractivity contribution is 7.15. The van der Waals surface area contributed by atoms with Gasteiger partial charge in [-0.3, -0.25) is 4.79 Å². The molecule has 1 amide bonds. The van der Waals surface area contributed by atoms with E-state index in [1.807, 2.05) is 13.0 Å². The minimum atomic E-state index is -4.84. The van der Waals surface area contributed by atoms with Crippen molar-refractivity contribution >= 4 is 28.9 Å². The first-order valence-electron chi connectivity index (χ1n) is 10.4. The summed E-state index contributed by atoms with van der Waals surface area (Å²) in [6.45, 7) is 4.45. The van der Waals surface area contributed by atoms with Crippen molar-refractivity contribution in [2.45, 2.75) is 25.6 Å². The van der Waals surface area contributed by atoms with Crippen LogP contribution in [0.4, 0.5) is 24.8 Å². The molecule has 1 fully saturated rings. The number of nitrogens with zero attached hydrogens (tertiary/aromatic N) is 4. The van der Waals surface area contributed by atoms with Crippen LogP contribution >= 0.6 is 11.3 Å². The Morgan fingerprint density at radius 2 is 1.94 bits per heavy atom. The molecule has 0 saturated carbocycles. The fourth-order valence-corrected chi connectivity index (χ4v) is 4.32. The van der Waals surface area contributed by atoms with Gasteiger partial charge in [0.25, 0.3) is 5.91 Å². The second kappa shape index (κ2) is 9.28. The maximum Gasteiger partial charge on any atom is 0.423 e. The van der Waals surface area contributed by atoms with Gasteiger partial charge in [0.2, 0.25) is 11.5 Å². The number of benzene rings is 1. The molecule has 0 aliphatic carbocycles. The topological polar surface area (TPSA) is 100 Å². The lowest BCUT2D eigenvalue weighted by atomic mass is 10.1. The molecule has 3 heterocycles. The van der Waals surface area contributed by atoms with Gasteiger partial charge in [-0.05, 0) is 43.2 Å². The van der Waals surface area contributed by atoms with E-state index in [9.17, 15) is 23.1 Å². The smallest absolute Gasteiger partial charge is 0.378 e. The Morgan fingerprint density at radius 1 is 1.21 bits per heavy atom. The Morgan fingerprint density at radius 3 is 2.65 bits per heavy atom. The molecular formula is C22H22F3N5O3S. The molecule has 1 saturated heterocycles. The van der Waals surface area contributed by atoms with Crippen LogP contribution in [0.1, 0.15) is 28.0 Å². The Labute approximate surface area is 197 Å². The van der Waals surface area contributed by atoms with E-state index in [1.54, 1.807) is 17.0 Å². The molecular weight excluding hydrogens is 471 g/mol. The van der Waals surface area contributed by atoms with Crippen LogP contribution in [0.25, 0.3) is 10.4 Å².